The van der Waals surface area contributed by atoms with Crippen LogP contribution in [0.4, 0.5) is 10.1 Å². The Morgan fingerprint density at radius 3 is 2.80 bits per heavy atom. The Kier molecular flexibility index (Phi) is 2.95. The summed E-state index contributed by atoms with van der Waals surface area (Å²) in [5, 5.41) is 0.552. The lowest BCUT2D eigenvalue weighted by Gasteiger charge is -2.09. The summed E-state index contributed by atoms with van der Waals surface area (Å²) in [5.74, 6) is -0.393. The topological polar surface area (TPSA) is 60.9 Å². The van der Waals surface area contributed by atoms with Crippen LogP contribution >= 0.6 is 0 Å². The predicted octanol–water partition coefficient (Wildman–Crippen LogP) is 2.17. The van der Waals surface area contributed by atoms with Gasteiger partial charge in [0, 0.05) is 5.69 Å². The highest BCUT2D eigenvalue weighted by molar-refractivity contribution is 5.76. The number of hydrogen-bond donors (Lipinski definition) is 1. The van der Waals surface area contributed by atoms with Crippen LogP contribution in [-0.4, -0.2) is 9.55 Å². The Hall–Kier alpha value is -2.69. The van der Waals surface area contributed by atoms with E-state index in [1.165, 1.54) is 23.0 Å². The van der Waals surface area contributed by atoms with Crippen molar-refractivity contribution in [1.82, 2.24) is 9.55 Å². The van der Waals surface area contributed by atoms with E-state index < -0.39 is 5.82 Å². The normalized spacial score (nSPS) is 10.8. The molecule has 5 heteroatoms. The number of nitrogen functional groups attached to an aromatic ring is 1. The van der Waals surface area contributed by atoms with Crippen LogP contribution in [0.2, 0.25) is 0 Å². The van der Waals surface area contributed by atoms with Gasteiger partial charge in [0.05, 0.1) is 23.8 Å². The van der Waals surface area contributed by atoms with E-state index in [1.54, 1.807) is 24.3 Å². The molecule has 0 aliphatic carbocycles. The minimum absolute atomic E-state index is 0.140. The van der Waals surface area contributed by atoms with Gasteiger partial charge in [-0.15, -0.1) is 0 Å². The highest BCUT2D eigenvalue weighted by Crippen LogP contribution is 2.14. The number of para-hydroxylation sites is 1. The molecule has 1 aromatic heterocycles. The van der Waals surface area contributed by atoms with E-state index in [0.717, 1.165) is 0 Å². The van der Waals surface area contributed by atoms with Crippen molar-refractivity contribution >= 4 is 16.6 Å². The van der Waals surface area contributed by atoms with Crippen molar-refractivity contribution in [2.75, 3.05) is 5.73 Å². The molecule has 2 N–H and O–H groups in total. The minimum Gasteiger partial charge on any atom is -0.398 e. The maximum atomic E-state index is 13.0. The summed E-state index contributed by atoms with van der Waals surface area (Å²) >= 11 is 0. The van der Waals surface area contributed by atoms with E-state index in [1.807, 2.05) is 6.07 Å². The predicted molar refractivity (Wildman–Crippen MR) is 75.9 cm³/mol. The third-order valence-corrected chi connectivity index (χ3v) is 3.18. The number of nitrogens with zero attached hydrogens (tertiary/aromatic N) is 2. The summed E-state index contributed by atoms with van der Waals surface area (Å²) in [4.78, 5) is 16.6. The van der Waals surface area contributed by atoms with Crippen LogP contribution in [0.5, 0.6) is 0 Å². The van der Waals surface area contributed by atoms with Gasteiger partial charge in [0.25, 0.3) is 5.56 Å². The lowest BCUT2D eigenvalue weighted by atomic mass is 10.1. The number of anilines is 1. The molecule has 100 valence electrons. The molecule has 0 saturated carbocycles. The van der Waals surface area contributed by atoms with Crippen molar-refractivity contribution in [1.29, 1.82) is 0 Å². The van der Waals surface area contributed by atoms with Crippen LogP contribution < -0.4 is 11.3 Å². The maximum absolute atomic E-state index is 13.0. The van der Waals surface area contributed by atoms with E-state index in [2.05, 4.69) is 4.98 Å². The van der Waals surface area contributed by atoms with E-state index in [9.17, 15) is 9.18 Å². The second-order valence-electron chi connectivity index (χ2n) is 4.54. The summed E-state index contributed by atoms with van der Waals surface area (Å²) in [6.07, 6.45) is 1.48. The summed E-state index contributed by atoms with van der Waals surface area (Å²) in [6.45, 7) is 0.267. The fraction of sp³-hybridized carbons (Fsp3) is 0.0667. The first-order valence-corrected chi connectivity index (χ1v) is 6.13. The molecule has 0 unspecified atom stereocenters. The first-order chi connectivity index (χ1) is 9.65. The molecular formula is C15H12FN3O. The van der Waals surface area contributed by atoms with Crippen LogP contribution in [0.1, 0.15) is 5.56 Å². The molecule has 0 saturated heterocycles. The summed E-state index contributed by atoms with van der Waals surface area (Å²) in [6, 6.07) is 11.3. The van der Waals surface area contributed by atoms with Crippen LogP contribution in [-0.2, 0) is 6.54 Å². The number of hydrogen-bond acceptors (Lipinski definition) is 3. The van der Waals surface area contributed by atoms with Crippen molar-refractivity contribution in [3.05, 3.63) is 70.5 Å². The molecule has 0 aliphatic heterocycles. The molecule has 3 rings (SSSR count). The Morgan fingerprint density at radius 2 is 2.00 bits per heavy atom. The van der Waals surface area contributed by atoms with Crippen LogP contribution in [0.25, 0.3) is 10.9 Å². The van der Waals surface area contributed by atoms with E-state index >= 15 is 0 Å². The second kappa shape index (κ2) is 4.77. The Bertz CT molecular complexity index is 842. The van der Waals surface area contributed by atoms with Gasteiger partial charge in [-0.05, 0) is 29.8 Å². The van der Waals surface area contributed by atoms with Gasteiger partial charge in [-0.2, -0.15) is 0 Å². The number of aromatic nitrogens is 2. The molecule has 0 fully saturated rings. The quantitative estimate of drug-likeness (QED) is 0.725. The van der Waals surface area contributed by atoms with Crippen molar-refractivity contribution < 1.29 is 4.39 Å². The molecule has 0 atom stereocenters. The van der Waals surface area contributed by atoms with E-state index in [4.69, 9.17) is 5.73 Å². The lowest BCUT2D eigenvalue weighted by Crippen LogP contribution is -2.21. The number of fused-ring (bicyclic) bond motifs is 1. The van der Waals surface area contributed by atoms with Crippen LogP contribution in [0.3, 0.4) is 0 Å². The Labute approximate surface area is 114 Å². The van der Waals surface area contributed by atoms with Gasteiger partial charge < -0.3 is 5.73 Å². The largest absolute Gasteiger partial charge is 0.398 e. The van der Waals surface area contributed by atoms with Crippen molar-refractivity contribution in [3.63, 3.8) is 0 Å². The molecule has 2 aromatic carbocycles. The lowest BCUT2D eigenvalue weighted by molar-refractivity contribution is 0.627. The molecule has 0 aliphatic rings. The minimum atomic E-state index is -0.393. The van der Waals surface area contributed by atoms with Crippen molar-refractivity contribution in [3.8, 4) is 0 Å². The second-order valence-corrected chi connectivity index (χ2v) is 4.54. The molecule has 0 spiro atoms. The average Bonchev–Trinajstić information content (AvgIpc) is 2.45. The van der Waals surface area contributed by atoms with Gasteiger partial charge in [-0.1, -0.05) is 18.2 Å². The fourth-order valence-electron chi connectivity index (χ4n) is 2.11. The molecule has 0 amide bonds. The number of rotatable bonds is 2. The molecule has 0 bridgehead atoms. The highest BCUT2D eigenvalue weighted by atomic mass is 19.1. The van der Waals surface area contributed by atoms with Gasteiger partial charge in [0.2, 0.25) is 0 Å². The summed E-state index contributed by atoms with van der Waals surface area (Å²) in [7, 11) is 0. The third kappa shape index (κ3) is 2.14. The Balaban J connectivity index is 2.07. The van der Waals surface area contributed by atoms with Gasteiger partial charge in [-0.3, -0.25) is 9.36 Å². The smallest absolute Gasteiger partial charge is 0.261 e. The average molecular weight is 269 g/mol. The SMILES string of the molecule is Nc1cc(F)ccc1Cn1cnc2ccccc2c1=O. The van der Waals surface area contributed by atoms with Gasteiger partial charge in [0.1, 0.15) is 5.82 Å². The monoisotopic (exact) mass is 269 g/mol. The first kappa shape index (κ1) is 12.3. The fourth-order valence-corrected chi connectivity index (χ4v) is 2.11. The number of benzene rings is 2. The third-order valence-electron chi connectivity index (χ3n) is 3.18. The zero-order valence-electron chi connectivity index (χ0n) is 10.6. The molecule has 1 heterocycles. The number of halogens is 1. The van der Waals surface area contributed by atoms with E-state index in [-0.39, 0.29) is 12.1 Å². The summed E-state index contributed by atoms with van der Waals surface area (Å²) < 4.78 is 14.5. The van der Waals surface area contributed by atoms with Crippen molar-refractivity contribution in [2.24, 2.45) is 0 Å². The van der Waals surface area contributed by atoms with E-state index in [0.29, 0.717) is 22.2 Å². The molecule has 20 heavy (non-hydrogen) atoms. The first-order valence-electron chi connectivity index (χ1n) is 6.13. The highest BCUT2D eigenvalue weighted by Gasteiger charge is 2.06. The van der Waals surface area contributed by atoms with Crippen LogP contribution in [0, 0.1) is 5.82 Å². The molecule has 4 nitrogen and oxygen atoms in total. The molecule has 3 aromatic rings. The molecule has 0 radical (unpaired) electrons. The zero-order chi connectivity index (χ0) is 14.1. The zero-order valence-corrected chi connectivity index (χ0v) is 10.6. The Morgan fingerprint density at radius 1 is 1.20 bits per heavy atom. The maximum Gasteiger partial charge on any atom is 0.261 e. The molecular weight excluding hydrogens is 257 g/mol. The standard InChI is InChI=1S/C15H12FN3O/c16-11-6-5-10(13(17)7-11)8-19-9-18-14-4-2-1-3-12(14)15(19)20/h1-7,9H,8,17H2. The van der Waals surface area contributed by atoms with Gasteiger partial charge in [-0.25, -0.2) is 9.37 Å². The van der Waals surface area contributed by atoms with Gasteiger partial charge in [0.15, 0.2) is 0 Å². The van der Waals surface area contributed by atoms with Gasteiger partial charge >= 0.3 is 0 Å². The summed E-state index contributed by atoms with van der Waals surface area (Å²) in [5.41, 5.74) is 7.28. The van der Waals surface area contributed by atoms with Crippen LogP contribution in [0.15, 0.2) is 53.6 Å². The van der Waals surface area contributed by atoms with Crippen molar-refractivity contribution in [2.45, 2.75) is 6.54 Å². The number of nitrogens with two attached hydrogens (primary N) is 1.